The number of alkyl halides is 3. The molecular formula is C28H29F3N6O2S. The number of halogens is 3. The molecule has 1 N–H and O–H groups in total. The van der Waals surface area contributed by atoms with Crippen LogP contribution in [0.1, 0.15) is 26.3 Å². The quantitative estimate of drug-likeness (QED) is 0.279. The number of nitrogens with zero attached hydrogens (tertiary/aromatic N) is 5. The monoisotopic (exact) mass is 570 g/mol. The Labute approximate surface area is 233 Å². The largest absolute Gasteiger partial charge is 0.437 e. The highest BCUT2D eigenvalue weighted by molar-refractivity contribution is 7.22. The van der Waals surface area contributed by atoms with Crippen LogP contribution >= 0.6 is 11.3 Å². The van der Waals surface area contributed by atoms with Crippen molar-refractivity contribution in [2.45, 2.75) is 26.9 Å². The third-order valence-electron chi connectivity index (χ3n) is 6.36. The molecular weight excluding hydrogens is 541 g/mol. The van der Waals surface area contributed by atoms with Crippen LogP contribution < -0.4 is 15.0 Å². The van der Waals surface area contributed by atoms with Crippen LogP contribution in [0.5, 0.6) is 11.6 Å². The Morgan fingerprint density at radius 2 is 1.77 bits per heavy atom. The second-order valence-electron chi connectivity index (χ2n) is 10.1. The summed E-state index contributed by atoms with van der Waals surface area (Å²) in [5.41, 5.74) is 0.797. The van der Waals surface area contributed by atoms with Crippen molar-refractivity contribution in [3.8, 4) is 22.9 Å². The van der Waals surface area contributed by atoms with Crippen LogP contribution in [0.2, 0.25) is 0 Å². The van der Waals surface area contributed by atoms with Crippen molar-refractivity contribution < 1.29 is 22.7 Å². The number of thiazole rings is 1. The second-order valence-corrected chi connectivity index (χ2v) is 11.1. The minimum Gasteiger partial charge on any atom is -0.437 e. The van der Waals surface area contributed by atoms with Crippen LogP contribution in [-0.4, -0.2) is 58.5 Å². The van der Waals surface area contributed by atoms with Crippen molar-refractivity contribution in [1.82, 2.24) is 19.9 Å². The van der Waals surface area contributed by atoms with Crippen LogP contribution in [0.25, 0.3) is 21.5 Å². The lowest BCUT2D eigenvalue weighted by molar-refractivity contribution is -0.137. The third kappa shape index (κ3) is 6.50. The Bertz CT molecular complexity index is 1500. The summed E-state index contributed by atoms with van der Waals surface area (Å²) >= 11 is 1.32. The SMILES string of the molecule is CC(=O)Nc1nc2c(Oc3cc(-c4ccc(C(F)(F)F)cc4)nc(N4CCN(CC(C)C)CC4)n3)cccc2s1. The van der Waals surface area contributed by atoms with E-state index >= 15 is 0 Å². The summed E-state index contributed by atoms with van der Waals surface area (Å²) in [6, 6.07) is 12.0. The number of amides is 1. The second kappa shape index (κ2) is 11.4. The summed E-state index contributed by atoms with van der Waals surface area (Å²) in [5, 5.41) is 3.15. The lowest BCUT2D eigenvalue weighted by Crippen LogP contribution is -2.48. The maximum atomic E-state index is 13.2. The number of piperazine rings is 1. The van der Waals surface area contributed by atoms with Crippen LogP contribution in [0.4, 0.5) is 24.3 Å². The first-order valence-corrected chi connectivity index (χ1v) is 13.8. The molecule has 8 nitrogen and oxygen atoms in total. The smallest absolute Gasteiger partial charge is 0.416 e. The molecule has 0 saturated carbocycles. The van der Waals surface area contributed by atoms with Gasteiger partial charge in [-0.2, -0.15) is 18.2 Å². The molecule has 1 aliphatic rings. The molecule has 12 heteroatoms. The van der Waals surface area contributed by atoms with E-state index in [4.69, 9.17) is 9.72 Å². The summed E-state index contributed by atoms with van der Waals surface area (Å²) in [6.07, 6.45) is -4.43. The molecule has 5 rings (SSSR count). The lowest BCUT2D eigenvalue weighted by Gasteiger charge is -2.35. The normalized spacial score (nSPS) is 14.6. The molecule has 210 valence electrons. The van der Waals surface area contributed by atoms with E-state index in [1.807, 2.05) is 12.1 Å². The maximum absolute atomic E-state index is 13.2. The Morgan fingerprint density at radius 1 is 1.05 bits per heavy atom. The first-order valence-electron chi connectivity index (χ1n) is 12.9. The van der Waals surface area contributed by atoms with Crippen molar-refractivity contribution in [1.29, 1.82) is 0 Å². The molecule has 1 fully saturated rings. The number of anilines is 2. The van der Waals surface area contributed by atoms with Crippen molar-refractivity contribution in [2.75, 3.05) is 42.9 Å². The first kappa shape index (κ1) is 27.8. The maximum Gasteiger partial charge on any atom is 0.416 e. The predicted octanol–water partition coefficient (Wildman–Crippen LogP) is 6.30. The average molecular weight is 571 g/mol. The van der Waals surface area contributed by atoms with E-state index in [0.717, 1.165) is 36.5 Å². The van der Waals surface area contributed by atoms with Gasteiger partial charge in [0, 0.05) is 51.3 Å². The van der Waals surface area contributed by atoms with Crippen molar-refractivity contribution in [3.63, 3.8) is 0 Å². The summed E-state index contributed by atoms with van der Waals surface area (Å²) in [5.74, 6) is 1.46. The molecule has 0 bridgehead atoms. The van der Waals surface area contributed by atoms with Crippen LogP contribution in [0, 0.1) is 5.92 Å². The summed E-state index contributed by atoms with van der Waals surface area (Å²) in [6.45, 7) is 9.93. The number of hydrogen-bond donors (Lipinski definition) is 1. The average Bonchev–Trinajstić information content (AvgIpc) is 3.31. The molecule has 40 heavy (non-hydrogen) atoms. The van der Waals surface area contributed by atoms with Gasteiger partial charge in [0.1, 0.15) is 5.52 Å². The van der Waals surface area contributed by atoms with Gasteiger partial charge in [0.2, 0.25) is 17.7 Å². The number of carbonyl (C=O) groups is 1. The van der Waals surface area contributed by atoms with E-state index in [1.54, 1.807) is 12.1 Å². The number of hydrogen-bond acceptors (Lipinski definition) is 8. The molecule has 1 saturated heterocycles. The van der Waals surface area contributed by atoms with E-state index in [-0.39, 0.29) is 11.8 Å². The van der Waals surface area contributed by atoms with E-state index < -0.39 is 11.7 Å². The summed E-state index contributed by atoms with van der Waals surface area (Å²) < 4.78 is 46.5. The molecule has 2 aromatic heterocycles. The van der Waals surface area contributed by atoms with Crippen molar-refractivity contribution >= 4 is 38.5 Å². The van der Waals surface area contributed by atoms with Crippen LogP contribution in [0.15, 0.2) is 48.5 Å². The number of carbonyl (C=O) groups excluding carboxylic acids is 1. The van der Waals surface area contributed by atoms with Gasteiger partial charge in [0.15, 0.2) is 10.9 Å². The molecule has 4 aromatic rings. The molecule has 0 spiro atoms. The summed E-state index contributed by atoms with van der Waals surface area (Å²) in [7, 11) is 0. The highest BCUT2D eigenvalue weighted by Crippen LogP contribution is 2.36. The first-order chi connectivity index (χ1) is 19.0. The fraction of sp³-hybridized carbons (Fsp3) is 0.357. The molecule has 0 radical (unpaired) electrons. The standard InChI is InChI=1S/C28H29F3N6O2S/c1-17(2)16-36-11-13-37(14-12-36)26-33-21(19-7-9-20(10-8-19)28(29,30)31)15-24(34-26)39-22-5-4-6-23-25(22)35-27(40-23)32-18(3)38/h4-10,15,17H,11-14,16H2,1-3H3,(H,32,35,38). The number of aromatic nitrogens is 3. The van der Waals surface area contributed by atoms with Crippen molar-refractivity contribution in [3.05, 3.63) is 54.1 Å². The molecule has 0 unspecified atom stereocenters. The van der Waals surface area contributed by atoms with E-state index in [0.29, 0.717) is 52.6 Å². The van der Waals surface area contributed by atoms with Crippen LogP contribution in [0.3, 0.4) is 0 Å². The highest BCUT2D eigenvalue weighted by atomic mass is 32.1. The molecule has 2 aromatic carbocycles. The zero-order chi connectivity index (χ0) is 28.4. The van der Waals surface area contributed by atoms with E-state index in [2.05, 4.69) is 38.9 Å². The molecule has 1 aliphatic heterocycles. The Hall–Kier alpha value is -3.77. The minimum atomic E-state index is -4.43. The van der Waals surface area contributed by atoms with Gasteiger partial charge in [0.25, 0.3) is 0 Å². The number of para-hydroxylation sites is 1. The molecule has 1 amide bonds. The molecule has 0 atom stereocenters. The number of fused-ring (bicyclic) bond motifs is 1. The number of rotatable bonds is 7. The molecule has 0 aliphatic carbocycles. The topological polar surface area (TPSA) is 83.5 Å². The Morgan fingerprint density at radius 3 is 2.42 bits per heavy atom. The number of ether oxygens (including phenoxy) is 1. The fourth-order valence-electron chi connectivity index (χ4n) is 4.55. The molecule has 3 heterocycles. The van der Waals surface area contributed by atoms with Crippen LogP contribution in [-0.2, 0) is 11.0 Å². The van der Waals surface area contributed by atoms with Gasteiger partial charge in [-0.05, 0) is 30.2 Å². The van der Waals surface area contributed by atoms with Gasteiger partial charge in [-0.3, -0.25) is 9.69 Å². The van der Waals surface area contributed by atoms with Gasteiger partial charge in [-0.1, -0.05) is 43.4 Å². The lowest BCUT2D eigenvalue weighted by atomic mass is 10.1. The fourth-order valence-corrected chi connectivity index (χ4v) is 5.48. The van der Waals surface area contributed by atoms with E-state index in [1.165, 1.54) is 30.4 Å². The third-order valence-corrected chi connectivity index (χ3v) is 7.29. The Balaban J connectivity index is 1.49. The van der Waals surface area contributed by atoms with Crippen molar-refractivity contribution in [2.24, 2.45) is 5.92 Å². The highest BCUT2D eigenvalue weighted by Gasteiger charge is 2.30. The van der Waals surface area contributed by atoms with Gasteiger partial charge in [0.05, 0.1) is 16.0 Å². The van der Waals surface area contributed by atoms with Gasteiger partial charge >= 0.3 is 6.18 Å². The number of nitrogens with one attached hydrogen (secondary N) is 1. The number of benzene rings is 2. The minimum absolute atomic E-state index is 0.225. The van der Waals surface area contributed by atoms with Gasteiger partial charge < -0.3 is 15.0 Å². The summed E-state index contributed by atoms with van der Waals surface area (Å²) in [4.78, 5) is 29.9. The Kier molecular flexibility index (Phi) is 7.90. The zero-order valence-corrected chi connectivity index (χ0v) is 23.1. The van der Waals surface area contributed by atoms with Gasteiger partial charge in [-0.15, -0.1) is 0 Å². The predicted molar refractivity (Wildman–Crippen MR) is 150 cm³/mol. The zero-order valence-electron chi connectivity index (χ0n) is 22.3. The van der Waals surface area contributed by atoms with E-state index in [9.17, 15) is 18.0 Å². The van der Waals surface area contributed by atoms with Gasteiger partial charge in [-0.25, -0.2) is 9.97 Å².